The van der Waals surface area contributed by atoms with Gasteiger partial charge in [0.25, 0.3) is 0 Å². The van der Waals surface area contributed by atoms with Gasteiger partial charge in [-0.15, -0.1) is 0 Å². The van der Waals surface area contributed by atoms with Crippen LogP contribution in [0.15, 0.2) is 0 Å². The van der Waals surface area contributed by atoms with Crippen LogP contribution in [0.4, 0.5) is 0 Å². The molecule has 0 spiro atoms. The molecular weight excluding hydrogens is 140 g/mol. The second-order valence-electron chi connectivity index (χ2n) is 2.81. The van der Waals surface area contributed by atoms with Crippen LogP contribution in [0.1, 0.15) is 39.5 Å². The Morgan fingerprint density at radius 2 is 2.18 bits per heavy atom. The van der Waals surface area contributed by atoms with Gasteiger partial charge in [0.05, 0.1) is 6.17 Å². The smallest absolute Gasteiger partial charge is 0.221 e. The fourth-order valence-corrected chi connectivity index (χ4v) is 0.862. The molecule has 0 aromatic heterocycles. The minimum Gasteiger partial charge on any atom is -0.341 e. The third-order valence-electron chi connectivity index (χ3n) is 1.40. The summed E-state index contributed by atoms with van der Waals surface area (Å²) in [6, 6.07) is 0. The van der Waals surface area contributed by atoms with Crippen molar-refractivity contribution in [2.24, 2.45) is 5.73 Å². The number of unbranched alkanes of at least 4 members (excludes halogenated alkanes) is 2. The number of nitrogens with two attached hydrogens (primary N) is 1. The fourth-order valence-electron chi connectivity index (χ4n) is 0.862. The summed E-state index contributed by atoms with van der Waals surface area (Å²) in [5.74, 6) is 0.0634. The van der Waals surface area contributed by atoms with Crippen LogP contribution in [-0.4, -0.2) is 12.1 Å². The summed E-state index contributed by atoms with van der Waals surface area (Å²) >= 11 is 0. The third-order valence-corrected chi connectivity index (χ3v) is 1.40. The molecule has 1 unspecified atom stereocenters. The molecule has 0 rings (SSSR count). The maximum Gasteiger partial charge on any atom is 0.221 e. The Hall–Kier alpha value is -0.570. The molecule has 0 aliphatic carbocycles. The lowest BCUT2D eigenvalue weighted by molar-refractivity contribution is -0.121. The van der Waals surface area contributed by atoms with Crippen LogP contribution in [0.3, 0.4) is 0 Å². The maximum atomic E-state index is 10.9. The monoisotopic (exact) mass is 158 g/mol. The summed E-state index contributed by atoms with van der Waals surface area (Å²) in [6.07, 6.45) is 3.62. The van der Waals surface area contributed by atoms with E-state index in [1.54, 1.807) is 6.92 Å². The maximum absolute atomic E-state index is 10.9. The minimum atomic E-state index is -0.218. The lowest BCUT2D eigenvalue weighted by Crippen LogP contribution is -2.38. The molecule has 0 aliphatic rings. The Kier molecular flexibility index (Phi) is 5.84. The number of carbonyl (C=O) groups is 1. The van der Waals surface area contributed by atoms with Crippen LogP contribution in [0.5, 0.6) is 0 Å². The zero-order chi connectivity index (χ0) is 8.69. The van der Waals surface area contributed by atoms with Crippen molar-refractivity contribution in [2.75, 3.05) is 0 Å². The topological polar surface area (TPSA) is 55.1 Å². The van der Waals surface area contributed by atoms with E-state index in [4.69, 9.17) is 5.73 Å². The Morgan fingerprint density at radius 1 is 1.55 bits per heavy atom. The SMILES string of the molecule is CCCCCC(=O)NC(C)N. The first-order valence-electron chi connectivity index (χ1n) is 4.21. The normalized spacial score (nSPS) is 12.6. The van der Waals surface area contributed by atoms with Crippen LogP contribution in [0.2, 0.25) is 0 Å². The Balaban J connectivity index is 3.23. The Morgan fingerprint density at radius 3 is 2.64 bits per heavy atom. The first-order valence-corrected chi connectivity index (χ1v) is 4.21. The quantitative estimate of drug-likeness (QED) is 0.463. The van der Waals surface area contributed by atoms with E-state index in [-0.39, 0.29) is 12.1 Å². The summed E-state index contributed by atoms with van der Waals surface area (Å²) in [7, 11) is 0. The molecule has 66 valence electrons. The first kappa shape index (κ1) is 10.4. The number of rotatable bonds is 5. The molecular formula is C8H18N2O. The molecule has 0 aliphatic heterocycles. The molecule has 0 saturated heterocycles. The fraction of sp³-hybridized carbons (Fsp3) is 0.875. The van der Waals surface area contributed by atoms with Gasteiger partial charge in [0.2, 0.25) is 5.91 Å². The van der Waals surface area contributed by atoms with Crippen LogP contribution in [-0.2, 0) is 4.79 Å². The van der Waals surface area contributed by atoms with Crippen LogP contribution in [0, 0.1) is 0 Å². The lowest BCUT2D eigenvalue weighted by Gasteiger charge is -2.07. The predicted octanol–water partition coefficient (Wildman–Crippen LogP) is 0.988. The van der Waals surface area contributed by atoms with E-state index in [0.29, 0.717) is 6.42 Å². The van der Waals surface area contributed by atoms with E-state index in [0.717, 1.165) is 19.3 Å². The highest BCUT2D eigenvalue weighted by molar-refractivity contribution is 5.75. The summed E-state index contributed by atoms with van der Waals surface area (Å²) in [5, 5.41) is 2.64. The summed E-state index contributed by atoms with van der Waals surface area (Å²) in [4.78, 5) is 10.9. The van der Waals surface area contributed by atoms with E-state index >= 15 is 0 Å². The van der Waals surface area contributed by atoms with Gasteiger partial charge in [0.15, 0.2) is 0 Å². The first-order chi connectivity index (χ1) is 5.16. The van der Waals surface area contributed by atoms with Crippen LogP contribution < -0.4 is 11.1 Å². The van der Waals surface area contributed by atoms with Gasteiger partial charge in [-0.1, -0.05) is 19.8 Å². The standard InChI is InChI=1S/C8H18N2O/c1-3-4-5-6-8(11)10-7(2)9/h7H,3-6,9H2,1-2H3,(H,10,11). The van der Waals surface area contributed by atoms with Crippen molar-refractivity contribution in [1.29, 1.82) is 0 Å². The average Bonchev–Trinajstić information content (AvgIpc) is 1.86. The predicted molar refractivity (Wildman–Crippen MR) is 45.9 cm³/mol. The van der Waals surface area contributed by atoms with Crippen LogP contribution >= 0.6 is 0 Å². The summed E-state index contributed by atoms with van der Waals surface area (Å²) in [5.41, 5.74) is 5.37. The Bertz CT molecular complexity index is 113. The molecule has 1 amide bonds. The van der Waals surface area contributed by atoms with Gasteiger partial charge in [-0.05, 0) is 13.3 Å². The number of amides is 1. The molecule has 0 aromatic carbocycles. The largest absolute Gasteiger partial charge is 0.341 e. The van der Waals surface area contributed by atoms with Crippen molar-refractivity contribution < 1.29 is 4.79 Å². The van der Waals surface area contributed by atoms with Gasteiger partial charge in [-0.3, -0.25) is 4.79 Å². The van der Waals surface area contributed by atoms with Crippen molar-refractivity contribution in [1.82, 2.24) is 5.32 Å². The second kappa shape index (κ2) is 6.16. The van der Waals surface area contributed by atoms with Gasteiger partial charge in [0.1, 0.15) is 0 Å². The van der Waals surface area contributed by atoms with E-state index in [2.05, 4.69) is 12.2 Å². The minimum absolute atomic E-state index is 0.0634. The zero-order valence-corrected chi connectivity index (χ0v) is 7.39. The summed E-state index contributed by atoms with van der Waals surface area (Å²) < 4.78 is 0. The highest BCUT2D eigenvalue weighted by Gasteiger charge is 2.01. The molecule has 0 heterocycles. The lowest BCUT2D eigenvalue weighted by atomic mass is 10.2. The molecule has 1 atom stereocenters. The van der Waals surface area contributed by atoms with E-state index in [1.807, 2.05) is 0 Å². The number of nitrogens with one attached hydrogen (secondary N) is 1. The number of hydrogen-bond donors (Lipinski definition) is 2. The highest BCUT2D eigenvalue weighted by Crippen LogP contribution is 1.97. The molecule has 0 bridgehead atoms. The number of hydrogen-bond acceptors (Lipinski definition) is 2. The van der Waals surface area contributed by atoms with Gasteiger partial charge in [0, 0.05) is 6.42 Å². The molecule has 0 aromatic rings. The van der Waals surface area contributed by atoms with E-state index in [9.17, 15) is 4.79 Å². The molecule has 11 heavy (non-hydrogen) atoms. The van der Waals surface area contributed by atoms with Gasteiger partial charge >= 0.3 is 0 Å². The van der Waals surface area contributed by atoms with Gasteiger partial charge < -0.3 is 11.1 Å². The highest BCUT2D eigenvalue weighted by atomic mass is 16.1. The number of carbonyl (C=O) groups excluding carboxylic acids is 1. The van der Waals surface area contributed by atoms with Crippen molar-refractivity contribution in [3.8, 4) is 0 Å². The van der Waals surface area contributed by atoms with Gasteiger partial charge in [-0.2, -0.15) is 0 Å². The molecule has 0 saturated carbocycles. The van der Waals surface area contributed by atoms with Crippen LogP contribution in [0.25, 0.3) is 0 Å². The van der Waals surface area contributed by atoms with Gasteiger partial charge in [-0.25, -0.2) is 0 Å². The van der Waals surface area contributed by atoms with E-state index in [1.165, 1.54) is 0 Å². The molecule has 0 radical (unpaired) electrons. The van der Waals surface area contributed by atoms with E-state index < -0.39 is 0 Å². The molecule has 0 fully saturated rings. The van der Waals surface area contributed by atoms with Crippen molar-refractivity contribution in [3.05, 3.63) is 0 Å². The Labute approximate surface area is 68.3 Å². The zero-order valence-electron chi connectivity index (χ0n) is 7.39. The second-order valence-corrected chi connectivity index (χ2v) is 2.81. The molecule has 3 N–H and O–H groups in total. The molecule has 3 nitrogen and oxygen atoms in total. The van der Waals surface area contributed by atoms with Crippen molar-refractivity contribution in [3.63, 3.8) is 0 Å². The summed E-state index contributed by atoms with van der Waals surface area (Å²) in [6.45, 7) is 3.88. The average molecular weight is 158 g/mol. The van der Waals surface area contributed by atoms with Crippen molar-refractivity contribution in [2.45, 2.75) is 45.7 Å². The molecule has 3 heteroatoms. The third kappa shape index (κ3) is 7.33. The van der Waals surface area contributed by atoms with Crippen molar-refractivity contribution >= 4 is 5.91 Å².